The minimum Gasteiger partial charge on any atom is -0.308 e. The van der Waals surface area contributed by atoms with E-state index < -0.39 is 0 Å². The lowest BCUT2D eigenvalue weighted by molar-refractivity contribution is 0.233. The molecule has 0 spiro atoms. The van der Waals surface area contributed by atoms with Crippen LogP contribution in [0.2, 0.25) is 5.02 Å². The molecule has 1 heterocycles. The van der Waals surface area contributed by atoms with Crippen molar-refractivity contribution in [3.63, 3.8) is 0 Å². The topological polar surface area (TPSA) is 44.7 Å². The fraction of sp³-hybridized carbons (Fsp3) is 0.263. The number of hydrogen-bond acceptors (Lipinski definition) is 2. The second-order valence-electron chi connectivity index (χ2n) is 5.90. The van der Waals surface area contributed by atoms with Gasteiger partial charge in [0.1, 0.15) is 11.7 Å². The van der Waals surface area contributed by atoms with E-state index in [0.717, 1.165) is 19.3 Å². The van der Waals surface area contributed by atoms with Gasteiger partial charge in [-0.05, 0) is 61.4 Å². The molecule has 0 unspecified atom stereocenters. The maximum atomic E-state index is 13.1. The normalized spacial score (nSPS) is 16.6. The average Bonchev–Trinajstić information content (AvgIpc) is 2.84. The molecule has 2 amide bonds. The van der Waals surface area contributed by atoms with Crippen LogP contribution in [0.5, 0.6) is 0 Å². The average molecular weight is 360 g/mol. The van der Waals surface area contributed by atoms with Crippen molar-refractivity contribution in [3.05, 3.63) is 59.4 Å². The largest absolute Gasteiger partial charge is 0.327 e. The monoisotopic (exact) mass is 359 g/mol. The molecule has 25 heavy (non-hydrogen) atoms. The van der Waals surface area contributed by atoms with Crippen LogP contribution >= 0.6 is 11.6 Å². The van der Waals surface area contributed by atoms with Crippen LogP contribution in [-0.4, -0.2) is 23.3 Å². The molecule has 1 aliphatic heterocycles. The summed E-state index contributed by atoms with van der Waals surface area (Å²) in [5.74, 6) is 0.401. The van der Waals surface area contributed by atoms with E-state index in [1.165, 1.54) is 12.1 Å². The molecule has 2 aromatic rings. The maximum absolute atomic E-state index is 13.1. The molecule has 130 valence electrons. The number of nitrogens with one attached hydrogen (secondary N) is 1. The number of urea groups is 1. The van der Waals surface area contributed by atoms with Crippen LogP contribution in [0.15, 0.2) is 53.5 Å². The first-order valence-corrected chi connectivity index (χ1v) is 8.67. The van der Waals surface area contributed by atoms with E-state index in [1.807, 2.05) is 0 Å². The Balaban J connectivity index is 1.80. The second kappa shape index (κ2) is 8.12. The van der Waals surface area contributed by atoms with Crippen molar-refractivity contribution in [1.82, 2.24) is 4.90 Å². The summed E-state index contributed by atoms with van der Waals surface area (Å²) in [4.78, 5) is 18.9. The molecule has 6 heteroatoms. The molecule has 0 radical (unpaired) electrons. The molecule has 0 atom stereocenters. The minimum absolute atomic E-state index is 0.218. The van der Waals surface area contributed by atoms with Crippen molar-refractivity contribution < 1.29 is 9.18 Å². The first-order chi connectivity index (χ1) is 12.1. The Morgan fingerprint density at radius 2 is 1.76 bits per heavy atom. The Kier molecular flexibility index (Phi) is 5.66. The SMILES string of the molecule is O=C(Nc1ccc(Cl)cc1)N1CCCCCC1=Nc1ccc(F)cc1. The first-order valence-electron chi connectivity index (χ1n) is 8.29. The van der Waals surface area contributed by atoms with Crippen LogP contribution < -0.4 is 5.32 Å². The predicted molar refractivity (Wildman–Crippen MR) is 99.1 cm³/mol. The summed E-state index contributed by atoms with van der Waals surface area (Å²) in [6.45, 7) is 0.611. The number of anilines is 1. The summed E-state index contributed by atoms with van der Waals surface area (Å²) >= 11 is 5.87. The Morgan fingerprint density at radius 3 is 2.48 bits per heavy atom. The number of hydrogen-bond donors (Lipinski definition) is 1. The predicted octanol–water partition coefficient (Wildman–Crippen LogP) is 5.62. The molecule has 1 saturated heterocycles. The van der Waals surface area contributed by atoms with E-state index in [-0.39, 0.29) is 11.8 Å². The Morgan fingerprint density at radius 1 is 1.04 bits per heavy atom. The summed E-state index contributed by atoms with van der Waals surface area (Å²) in [6.07, 6.45) is 3.67. The number of halogens is 2. The zero-order valence-corrected chi connectivity index (χ0v) is 14.5. The molecule has 1 N–H and O–H groups in total. The van der Waals surface area contributed by atoms with Gasteiger partial charge < -0.3 is 5.32 Å². The number of rotatable bonds is 2. The summed E-state index contributed by atoms with van der Waals surface area (Å²) in [5.41, 5.74) is 1.32. The lowest BCUT2D eigenvalue weighted by Crippen LogP contribution is -2.39. The highest BCUT2D eigenvalue weighted by Gasteiger charge is 2.21. The van der Waals surface area contributed by atoms with E-state index >= 15 is 0 Å². The van der Waals surface area contributed by atoms with E-state index in [4.69, 9.17) is 11.6 Å². The number of nitrogens with zero attached hydrogens (tertiary/aromatic N) is 2. The highest BCUT2D eigenvalue weighted by molar-refractivity contribution is 6.30. The van der Waals surface area contributed by atoms with Gasteiger partial charge in [0.2, 0.25) is 0 Å². The van der Waals surface area contributed by atoms with Crippen molar-refractivity contribution in [2.75, 3.05) is 11.9 Å². The highest BCUT2D eigenvalue weighted by atomic mass is 35.5. The van der Waals surface area contributed by atoms with Crippen molar-refractivity contribution >= 4 is 34.8 Å². The van der Waals surface area contributed by atoms with E-state index in [2.05, 4.69) is 10.3 Å². The van der Waals surface area contributed by atoms with Gasteiger partial charge in [-0.3, -0.25) is 4.90 Å². The molecule has 1 fully saturated rings. The third-order valence-corrected chi connectivity index (χ3v) is 4.27. The highest BCUT2D eigenvalue weighted by Crippen LogP contribution is 2.20. The molecule has 0 aromatic heterocycles. The zero-order valence-electron chi connectivity index (χ0n) is 13.7. The third-order valence-electron chi connectivity index (χ3n) is 4.02. The van der Waals surface area contributed by atoms with Crippen LogP contribution in [0.3, 0.4) is 0 Å². The van der Waals surface area contributed by atoms with Gasteiger partial charge in [-0.25, -0.2) is 14.2 Å². The minimum atomic E-state index is -0.304. The lowest BCUT2D eigenvalue weighted by Gasteiger charge is -2.22. The molecule has 3 rings (SSSR count). The lowest BCUT2D eigenvalue weighted by atomic mass is 10.2. The number of amides is 2. The molecule has 1 aliphatic rings. The molecular weight excluding hydrogens is 341 g/mol. The molecular formula is C19H19ClFN3O. The van der Waals surface area contributed by atoms with Crippen molar-refractivity contribution in [3.8, 4) is 0 Å². The Labute approximate surface area is 151 Å². The standard InChI is InChI=1S/C19H19ClFN3O/c20-14-5-9-17(10-6-14)23-19(25)24-13-3-1-2-4-18(24)22-16-11-7-15(21)8-12-16/h5-12H,1-4,13H2,(H,23,25). The summed E-state index contributed by atoms with van der Waals surface area (Å²) in [5, 5.41) is 3.50. The van der Waals surface area contributed by atoms with E-state index in [9.17, 15) is 9.18 Å². The third kappa shape index (κ3) is 4.79. The number of carbonyl (C=O) groups is 1. The van der Waals surface area contributed by atoms with E-state index in [0.29, 0.717) is 35.2 Å². The van der Waals surface area contributed by atoms with Gasteiger partial charge in [-0.1, -0.05) is 18.0 Å². The molecule has 2 aromatic carbocycles. The van der Waals surface area contributed by atoms with Crippen LogP contribution in [0.25, 0.3) is 0 Å². The van der Waals surface area contributed by atoms with Crippen molar-refractivity contribution in [1.29, 1.82) is 0 Å². The van der Waals surface area contributed by atoms with Gasteiger partial charge in [0.15, 0.2) is 0 Å². The van der Waals surface area contributed by atoms with Crippen molar-refractivity contribution in [2.24, 2.45) is 4.99 Å². The molecule has 0 saturated carbocycles. The zero-order chi connectivity index (χ0) is 17.6. The van der Waals surface area contributed by atoms with Gasteiger partial charge in [0, 0.05) is 23.7 Å². The smallest absolute Gasteiger partial charge is 0.308 e. The number of likely N-dealkylation sites (tertiary alicyclic amines) is 1. The molecule has 0 bridgehead atoms. The number of carbonyl (C=O) groups excluding carboxylic acids is 1. The summed E-state index contributed by atoms with van der Waals surface area (Å²) < 4.78 is 13.1. The van der Waals surface area contributed by atoms with Crippen LogP contribution in [0.1, 0.15) is 25.7 Å². The van der Waals surface area contributed by atoms with Crippen LogP contribution in [-0.2, 0) is 0 Å². The van der Waals surface area contributed by atoms with Crippen LogP contribution in [0.4, 0.5) is 20.6 Å². The first kappa shape index (κ1) is 17.4. The van der Waals surface area contributed by atoms with Gasteiger partial charge in [0.05, 0.1) is 5.69 Å². The van der Waals surface area contributed by atoms with Gasteiger partial charge in [0.25, 0.3) is 0 Å². The fourth-order valence-corrected chi connectivity index (χ4v) is 2.84. The quantitative estimate of drug-likeness (QED) is 0.743. The molecule has 4 nitrogen and oxygen atoms in total. The van der Waals surface area contributed by atoms with Gasteiger partial charge >= 0.3 is 6.03 Å². The van der Waals surface area contributed by atoms with Gasteiger partial charge in [-0.15, -0.1) is 0 Å². The van der Waals surface area contributed by atoms with Gasteiger partial charge in [-0.2, -0.15) is 0 Å². The second-order valence-corrected chi connectivity index (χ2v) is 6.34. The summed E-state index contributed by atoms with van der Waals surface area (Å²) in [6, 6.07) is 12.7. The maximum Gasteiger partial charge on any atom is 0.327 e. The Hall–Kier alpha value is -2.40. The van der Waals surface area contributed by atoms with Crippen LogP contribution in [0, 0.1) is 5.82 Å². The van der Waals surface area contributed by atoms with Crippen molar-refractivity contribution in [2.45, 2.75) is 25.7 Å². The number of amidine groups is 1. The number of benzene rings is 2. The Bertz CT molecular complexity index is 759. The number of aliphatic imine (C=N–C) groups is 1. The van der Waals surface area contributed by atoms with E-state index in [1.54, 1.807) is 41.3 Å². The summed E-state index contributed by atoms with van der Waals surface area (Å²) in [7, 11) is 0. The fourth-order valence-electron chi connectivity index (χ4n) is 2.72. The molecule has 0 aliphatic carbocycles.